The lowest BCUT2D eigenvalue weighted by Crippen LogP contribution is -2.16. The zero-order chi connectivity index (χ0) is 14.5. The summed E-state index contributed by atoms with van der Waals surface area (Å²) in [5.41, 5.74) is 2.46. The van der Waals surface area contributed by atoms with Crippen molar-refractivity contribution in [1.82, 2.24) is 0 Å². The molecular weight excluding hydrogens is 253 g/mol. The van der Waals surface area contributed by atoms with Crippen LogP contribution in [0.5, 0.6) is 0 Å². The van der Waals surface area contributed by atoms with Crippen molar-refractivity contribution in [2.45, 2.75) is 6.54 Å². The molecule has 98 valence electrons. The second-order valence-corrected chi connectivity index (χ2v) is 4.48. The molecule has 0 aliphatic carbocycles. The quantitative estimate of drug-likeness (QED) is 0.856. The predicted molar refractivity (Wildman–Crippen MR) is 74.4 cm³/mol. The molecule has 0 unspecified atom stereocenters. The summed E-state index contributed by atoms with van der Waals surface area (Å²) in [5, 5.41) is 17.7. The first kappa shape index (κ1) is 13.6. The van der Waals surface area contributed by atoms with Crippen molar-refractivity contribution < 1.29 is 4.39 Å². The highest BCUT2D eigenvalue weighted by molar-refractivity contribution is 5.52. The van der Waals surface area contributed by atoms with Crippen molar-refractivity contribution in [2.75, 3.05) is 11.9 Å². The summed E-state index contributed by atoms with van der Waals surface area (Å²) in [4.78, 5) is 1.83. The minimum atomic E-state index is -0.434. The van der Waals surface area contributed by atoms with Gasteiger partial charge in [0.25, 0.3) is 0 Å². The van der Waals surface area contributed by atoms with E-state index in [-0.39, 0.29) is 5.56 Å². The van der Waals surface area contributed by atoms with Gasteiger partial charge in [-0.1, -0.05) is 12.1 Å². The van der Waals surface area contributed by atoms with Gasteiger partial charge in [0.15, 0.2) is 0 Å². The number of nitrogens with zero attached hydrogens (tertiary/aromatic N) is 3. The second kappa shape index (κ2) is 5.86. The van der Waals surface area contributed by atoms with Gasteiger partial charge in [-0.05, 0) is 35.9 Å². The van der Waals surface area contributed by atoms with Gasteiger partial charge >= 0.3 is 0 Å². The maximum Gasteiger partial charge on any atom is 0.126 e. The number of anilines is 1. The predicted octanol–water partition coefficient (Wildman–Crippen LogP) is 3.21. The van der Waals surface area contributed by atoms with Gasteiger partial charge in [0.05, 0.1) is 23.3 Å². The summed E-state index contributed by atoms with van der Waals surface area (Å²) >= 11 is 0. The zero-order valence-electron chi connectivity index (χ0n) is 11.0. The lowest BCUT2D eigenvalue weighted by Gasteiger charge is -2.19. The topological polar surface area (TPSA) is 50.8 Å². The molecule has 0 aromatic heterocycles. The average Bonchev–Trinajstić information content (AvgIpc) is 2.46. The highest BCUT2D eigenvalue weighted by Gasteiger charge is 2.06. The van der Waals surface area contributed by atoms with E-state index >= 15 is 0 Å². The van der Waals surface area contributed by atoms with Crippen molar-refractivity contribution in [1.29, 1.82) is 10.5 Å². The van der Waals surface area contributed by atoms with Crippen molar-refractivity contribution in [3.63, 3.8) is 0 Å². The fourth-order valence-electron chi connectivity index (χ4n) is 1.96. The van der Waals surface area contributed by atoms with Gasteiger partial charge in [-0.3, -0.25) is 0 Å². The molecule has 0 heterocycles. The van der Waals surface area contributed by atoms with Crippen LogP contribution in [0.3, 0.4) is 0 Å². The smallest absolute Gasteiger partial charge is 0.126 e. The Labute approximate surface area is 117 Å². The van der Waals surface area contributed by atoms with E-state index in [9.17, 15) is 4.39 Å². The zero-order valence-corrected chi connectivity index (χ0v) is 11.0. The lowest BCUT2D eigenvalue weighted by molar-refractivity contribution is 0.626. The number of halogens is 1. The molecule has 0 radical (unpaired) electrons. The summed E-state index contributed by atoms with van der Waals surface area (Å²) in [7, 11) is 1.81. The van der Waals surface area contributed by atoms with Gasteiger partial charge in [0, 0.05) is 19.3 Å². The summed E-state index contributed by atoms with van der Waals surface area (Å²) in [6, 6.07) is 15.5. The third kappa shape index (κ3) is 3.13. The number of hydrogen-bond donors (Lipinski definition) is 0. The molecule has 0 N–H and O–H groups in total. The van der Waals surface area contributed by atoms with E-state index in [1.165, 1.54) is 12.1 Å². The van der Waals surface area contributed by atoms with Gasteiger partial charge in [-0.15, -0.1) is 0 Å². The average molecular weight is 265 g/mol. The minimum Gasteiger partial charge on any atom is -0.370 e. The largest absolute Gasteiger partial charge is 0.370 e. The first-order valence-corrected chi connectivity index (χ1v) is 6.03. The molecule has 0 saturated carbocycles. The van der Waals surface area contributed by atoms with E-state index in [4.69, 9.17) is 10.5 Å². The van der Waals surface area contributed by atoms with E-state index in [0.29, 0.717) is 17.8 Å². The van der Waals surface area contributed by atoms with Gasteiger partial charge in [0.1, 0.15) is 5.82 Å². The number of benzene rings is 2. The van der Waals surface area contributed by atoms with Crippen molar-refractivity contribution in [3.05, 3.63) is 65.0 Å². The standard InChI is InChI=1S/C16H12FN3/c1-20(11-13-4-2-3-12(5-13)9-18)16-7-14(10-19)6-15(17)8-16/h2-8H,11H2,1H3. The van der Waals surface area contributed by atoms with Gasteiger partial charge in [-0.25, -0.2) is 4.39 Å². The molecule has 2 rings (SSSR count). The molecule has 0 atom stereocenters. The van der Waals surface area contributed by atoms with Crippen LogP contribution in [0.25, 0.3) is 0 Å². The van der Waals surface area contributed by atoms with Crippen LogP contribution in [0.4, 0.5) is 10.1 Å². The van der Waals surface area contributed by atoms with E-state index in [1.54, 1.807) is 18.2 Å². The van der Waals surface area contributed by atoms with Gasteiger partial charge in [0.2, 0.25) is 0 Å². The van der Waals surface area contributed by atoms with E-state index in [0.717, 1.165) is 5.56 Å². The molecule has 2 aromatic rings. The molecule has 4 heteroatoms. The Morgan fingerprint density at radius 3 is 2.50 bits per heavy atom. The van der Waals surface area contributed by atoms with Crippen LogP contribution in [0.15, 0.2) is 42.5 Å². The van der Waals surface area contributed by atoms with Crippen molar-refractivity contribution >= 4 is 5.69 Å². The summed E-state index contributed by atoms with van der Waals surface area (Å²) in [5.74, 6) is -0.434. The van der Waals surface area contributed by atoms with Crippen LogP contribution in [-0.4, -0.2) is 7.05 Å². The molecule has 0 amide bonds. The van der Waals surface area contributed by atoms with Crippen LogP contribution in [0.1, 0.15) is 16.7 Å². The third-order valence-electron chi connectivity index (χ3n) is 2.93. The molecular formula is C16H12FN3. The Morgan fingerprint density at radius 2 is 1.80 bits per heavy atom. The minimum absolute atomic E-state index is 0.289. The van der Waals surface area contributed by atoms with E-state index in [2.05, 4.69) is 6.07 Å². The first-order chi connectivity index (χ1) is 9.62. The number of rotatable bonds is 3. The summed E-state index contributed by atoms with van der Waals surface area (Å²) in [6.45, 7) is 0.532. The van der Waals surface area contributed by atoms with Gasteiger partial charge in [-0.2, -0.15) is 10.5 Å². The Kier molecular flexibility index (Phi) is 3.98. The van der Waals surface area contributed by atoms with Crippen LogP contribution in [0.2, 0.25) is 0 Å². The number of hydrogen-bond acceptors (Lipinski definition) is 3. The van der Waals surface area contributed by atoms with Crippen LogP contribution >= 0.6 is 0 Å². The van der Waals surface area contributed by atoms with Gasteiger partial charge < -0.3 is 4.90 Å². The lowest BCUT2D eigenvalue weighted by atomic mass is 10.1. The Morgan fingerprint density at radius 1 is 1.05 bits per heavy atom. The SMILES string of the molecule is CN(Cc1cccc(C#N)c1)c1cc(F)cc(C#N)c1. The Balaban J connectivity index is 2.24. The number of nitriles is 2. The maximum absolute atomic E-state index is 13.4. The fraction of sp³-hybridized carbons (Fsp3) is 0.125. The second-order valence-electron chi connectivity index (χ2n) is 4.48. The van der Waals surface area contributed by atoms with E-state index in [1.807, 2.05) is 30.1 Å². The molecule has 0 aliphatic rings. The molecule has 0 aliphatic heterocycles. The molecule has 2 aromatic carbocycles. The Hall–Kier alpha value is -2.85. The maximum atomic E-state index is 13.4. The molecule has 0 spiro atoms. The fourth-order valence-corrected chi connectivity index (χ4v) is 1.96. The van der Waals surface area contributed by atoms with Crippen LogP contribution in [0, 0.1) is 28.5 Å². The normalized spacial score (nSPS) is 9.60. The highest BCUT2D eigenvalue weighted by atomic mass is 19.1. The Bertz CT molecular complexity index is 710. The first-order valence-electron chi connectivity index (χ1n) is 6.03. The van der Waals surface area contributed by atoms with Crippen molar-refractivity contribution in [3.8, 4) is 12.1 Å². The molecule has 0 bridgehead atoms. The highest BCUT2D eigenvalue weighted by Crippen LogP contribution is 2.19. The molecule has 0 saturated heterocycles. The molecule has 0 fully saturated rings. The van der Waals surface area contributed by atoms with E-state index < -0.39 is 5.82 Å². The van der Waals surface area contributed by atoms with Crippen LogP contribution < -0.4 is 4.90 Å². The van der Waals surface area contributed by atoms with Crippen LogP contribution in [-0.2, 0) is 6.54 Å². The molecule has 3 nitrogen and oxygen atoms in total. The third-order valence-corrected chi connectivity index (χ3v) is 2.93. The monoisotopic (exact) mass is 265 g/mol. The summed E-state index contributed by atoms with van der Waals surface area (Å²) < 4.78 is 13.4. The molecule has 20 heavy (non-hydrogen) atoms. The summed E-state index contributed by atoms with van der Waals surface area (Å²) in [6.07, 6.45) is 0. The van der Waals surface area contributed by atoms with Crippen molar-refractivity contribution in [2.24, 2.45) is 0 Å².